The second-order valence-electron chi connectivity index (χ2n) is 5.66. The molecule has 1 aromatic rings. The van der Waals surface area contributed by atoms with E-state index in [2.05, 4.69) is 24.5 Å². The fourth-order valence-corrected chi connectivity index (χ4v) is 2.38. The average Bonchev–Trinajstić information content (AvgIpc) is 2.26. The Bertz CT molecular complexity index is 463. The highest BCUT2D eigenvalue weighted by atomic mass is 31.0. The van der Waals surface area contributed by atoms with Crippen LogP contribution in [0.2, 0.25) is 0 Å². The maximum atomic E-state index is 11.6. The van der Waals surface area contributed by atoms with Gasteiger partial charge in [0.05, 0.1) is 0 Å². The van der Waals surface area contributed by atoms with E-state index in [1.807, 2.05) is 40.7 Å². The lowest BCUT2D eigenvalue weighted by Gasteiger charge is -2.26. The molecule has 0 bridgehead atoms. The molecule has 0 saturated carbocycles. The summed E-state index contributed by atoms with van der Waals surface area (Å²) in [4.78, 5) is 20.3. The number of nitrogens with zero attached hydrogens (tertiary/aromatic N) is 2. The van der Waals surface area contributed by atoms with Crippen LogP contribution in [0.25, 0.3) is 0 Å². The van der Waals surface area contributed by atoms with Crippen molar-refractivity contribution < 1.29 is 9.53 Å². The van der Waals surface area contributed by atoms with E-state index in [1.54, 1.807) is 6.20 Å². The molecular weight excluding hydrogens is 273 g/mol. The molecule has 0 saturated heterocycles. The summed E-state index contributed by atoms with van der Waals surface area (Å²) in [6.45, 7) is 9.62. The van der Waals surface area contributed by atoms with E-state index in [0.717, 1.165) is 11.5 Å². The number of carbonyl (C=O) groups excluding carboxylic acids is 1. The fourth-order valence-electron chi connectivity index (χ4n) is 1.91. The zero-order valence-corrected chi connectivity index (χ0v) is 14.0. The molecule has 0 radical (unpaired) electrons. The highest BCUT2D eigenvalue weighted by Crippen LogP contribution is 2.34. The fraction of sp³-hybridized carbons (Fsp3) is 0.643. The van der Waals surface area contributed by atoms with Crippen LogP contribution in [0.1, 0.15) is 45.6 Å². The number of hydrogen-bond acceptors (Lipinski definition) is 4. The van der Waals surface area contributed by atoms with Gasteiger partial charge in [-0.1, -0.05) is 0 Å². The van der Waals surface area contributed by atoms with Crippen LogP contribution >= 0.6 is 9.24 Å². The Balaban J connectivity index is 2.64. The monoisotopic (exact) mass is 297 g/mol. The maximum absolute atomic E-state index is 11.6. The predicted octanol–water partition coefficient (Wildman–Crippen LogP) is 2.79. The van der Waals surface area contributed by atoms with Gasteiger partial charge in [-0.2, -0.15) is 0 Å². The van der Waals surface area contributed by atoms with Gasteiger partial charge in [0.1, 0.15) is 11.9 Å². The minimum atomic E-state index is -0.390. The molecule has 0 fully saturated rings. The van der Waals surface area contributed by atoms with Gasteiger partial charge in [-0.05, 0) is 40.7 Å². The standard InChI is InChI=1S/C14H24N3O2P/c1-9(2)16-13(18)19-11(4)8-14(5,20)12-15-7-6-10(3)17-12/h6-7,9,11H,8,20H2,1-5H3,(H,16,18). The highest BCUT2D eigenvalue weighted by molar-refractivity contribution is 7.18. The molecule has 6 heteroatoms. The van der Waals surface area contributed by atoms with Crippen molar-refractivity contribution >= 4 is 15.3 Å². The number of aromatic nitrogens is 2. The van der Waals surface area contributed by atoms with Gasteiger partial charge in [-0.15, -0.1) is 9.24 Å². The number of aryl methyl sites for hydroxylation is 1. The van der Waals surface area contributed by atoms with Gasteiger partial charge in [0.25, 0.3) is 0 Å². The van der Waals surface area contributed by atoms with Gasteiger partial charge < -0.3 is 10.1 Å². The summed E-state index contributed by atoms with van der Waals surface area (Å²) in [5.41, 5.74) is 0.926. The van der Waals surface area contributed by atoms with Crippen LogP contribution in [0.3, 0.4) is 0 Å². The number of carbonyl (C=O) groups is 1. The minimum Gasteiger partial charge on any atom is -0.446 e. The molecule has 0 aliphatic rings. The molecule has 20 heavy (non-hydrogen) atoms. The second kappa shape index (κ2) is 6.98. The first-order valence-corrected chi connectivity index (χ1v) is 7.34. The number of amides is 1. The maximum Gasteiger partial charge on any atom is 0.407 e. The molecule has 0 aromatic carbocycles. The predicted molar refractivity (Wildman–Crippen MR) is 82.7 cm³/mol. The zero-order chi connectivity index (χ0) is 15.3. The van der Waals surface area contributed by atoms with Gasteiger partial charge >= 0.3 is 6.09 Å². The summed E-state index contributed by atoms with van der Waals surface area (Å²) in [7, 11) is 2.76. The lowest BCUT2D eigenvalue weighted by Crippen LogP contribution is -2.34. The molecule has 0 spiro atoms. The average molecular weight is 297 g/mol. The van der Waals surface area contributed by atoms with Crippen LogP contribution < -0.4 is 5.32 Å². The molecular formula is C14H24N3O2P. The molecule has 3 atom stereocenters. The number of hydrogen-bond donors (Lipinski definition) is 1. The van der Waals surface area contributed by atoms with Crippen molar-refractivity contribution in [3.63, 3.8) is 0 Å². The van der Waals surface area contributed by atoms with Crippen molar-refractivity contribution in [1.29, 1.82) is 0 Å². The Labute approximate surface area is 123 Å². The summed E-state index contributed by atoms with van der Waals surface area (Å²) in [5.74, 6) is 0.738. The highest BCUT2D eigenvalue weighted by Gasteiger charge is 2.28. The zero-order valence-electron chi connectivity index (χ0n) is 12.8. The van der Waals surface area contributed by atoms with E-state index in [-0.39, 0.29) is 17.3 Å². The van der Waals surface area contributed by atoms with Crippen LogP contribution in [0.5, 0.6) is 0 Å². The first-order valence-electron chi connectivity index (χ1n) is 6.77. The van der Waals surface area contributed by atoms with Crippen LogP contribution in [-0.4, -0.2) is 28.2 Å². The van der Waals surface area contributed by atoms with Crippen molar-refractivity contribution in [2.75, 3.05) is 0 Å². The molecule has 0 aliphatic heterocycles. The van der Waals surface area contributed by atoms with Gasteiger partial charge in [0.15, 0.2) is 0 Å². The Morgan fingerprint density at radius 1 is 1.50 bits per heavy atom. The van der Waals surface area contributed by atoms with Crippen molar-refractivity contribution in [2.45, 2.75) is 58.3 Å². The van der Waals surface area contributed by atoms with Crippen molar-refractivity contribution in [3.8, 4) is 0 Å². The van der Waals surface area contributed by atoms with Crippen molar-refractivity contribution in [1.82, 2.24) is 15.3 Å². The van der Waals surface area contributed by atoms with Gasteiger partial charge in [-0.3, -0.25) is 0 Å². The smallest absolute Gasteiger partial charge is 0.407 e. The quantitative estimate of drug-likeness (QED) is 0.849. The number of rotatable bonds is 5. The van der Waals surface area contributed by atoms with E-state index in [0.29, 0.717) is 6.42 Å². The normalized spacial score (nSPS) is 15.6. The SMILES string of the molecule is Cc1ccnc(C(C)(P)CC(C)OC(=O)NC(C)C)n1. The lowest BCUT2D eigenvalue weighted by atomic mass is 10.0. The molecule has 0 aliphatic carbocycles. The topological polar surface area (TPSA) is 64.1 Å². The third-order valence-corrected chi connectivity index (χ3v) is 3.23. The van der Waals surface area contributed by atoms with E-state index in [9.17, 15) is 4.79 Å². The molecule has 1 N–H and O–H groups in total. The van der Waals surface area contributed by atoms with Gasteiger partial charge in [0.2, 0.25) is 0 Å². The Kier molecular flexibility index (Phi) is 5.88. The Hall–Kier alpha value is -1.22. The van der Waals surface area contributed by atoms with Crippen molar-refractivity contribution in [3.05, 3.63) is 23.8 Å². The largest absolute Gasteiger partial charge is 0.446 e. The van der Waals surface area contributed by atoms with Gasteiger partial charge in [0, 0.05) is 29.5 Å². The summed E-state index contributed by atoms with van der Waals surface area (Å²) in [5, 5.41) is 2.38. The van der Waals surface area contributed by atoms with E-state index in [4.69, 9.17) is 4.74 Å². The summed E-state index contributed by atoms with van der Waals surface area (Å²) in [6.07, 6.45) is 1.77. The molecule has 1 aromatic heterocycles. The van der Waals surface area contributed by atoms with Crippen LogP contribution in [-0.2, 0) is 9.89 Å². The summed E-state index contributed by atoms with van der Waals surface area (Å²) in [6, 6.07) is 1.93. The molecule has 1 amide bonds. The molecule has 112 valence electrons. The van der Waals surface area contributed by atoms with Crippen LogP contribution in [0, 0.1) is 6.92 Å². The molecule has 1 rings (SSSR count). The third kappa shape index (κ3) is 5.41. The van der Waals surface area contributed by atoms with E-state index in [1.165, 1.54) is 0 Å². The molecule has 5 nitrogen and oxygen atoms in total. The summed E-state index contributed by atoms with van der Waals surface area (Å²) < 4.78 is 5.33. The second-order valence-corrected chi connectivity index (χ2v) is 6.93. The van der Waals surface area contributed by atoms with Crippen molar-refractivity contribution in [2.24, 2.45) is 0 Å². The minimum absolute atomic E-state index is 0.0668. The number of ether oxygens (including phenoxy) is 1. The first kappa shape index (κ1) is 16.8. The number of alkyl carbamates (subject to hydrolysis) is 1. The Morgan fingerprint density at radius 3 is 2.70 bits per heavy atom. The van der Waals surface area contributed by atoms with Crippen LogP contribution in [0.4, 0.5) is 4.79 Å². The summed E-state index contributed by atoms with van der Waals surface area (Å²) >= 11 is 0. The van der Waals surface area contributed by atoms with E-state index < -0.39 is 6.09 Å². The van der Waals surface area contributed by atoms with Crippen LogP contribution in [0.15, 0.2) is 12.3 Å². The lowest BCUT2D eigenvalue weighted by molar-refractivity contribution is 0.0942. The van der Waals surface area contributed by atoms with E-state index >= 15 is 0 Å². The molecule has 1 heterocycles. The Morgan fingerprint density at radius 2 is 2.15 bits per heavy atom. The third-order valence-electron chi connectivity index (χ3n) is 2.73. The number of nitrogens with one attached hydrogen (secondary N) is 1. The van der Waals surface area contributed by atoms with Gasteiger partial charge in [-0.25, -0.2) is 14.8 Å². The first-order chi connectivity index (χ1) is 9.20. The molecule has 3 unspecified atom stereocenters.